The van der Waals surface area contributed by atoms with Gasteiger partial charge >= 0.3 is 0 Å². The van der Waals surface area contributed by atoms with Crippen LogP contribution in [-0.2, 0) is 4.79 Å². The first-order chi connectivity index (χ1) is 6.57. The summed E-state index contributed by atoms with van der Waals surface area (Å²) in [5, 5.41) is 0. The third-order valence-electron chi connectivity index (χ3n) is 2.22. The smallest absolute Gasteiger partial charge is 0.222 e. The Labute approximate surface area is 99.8 Å². The standard InChI is InChI=1S/C12H25NOS/c1-7-10(14)13(6)9-12(5,15)8-11(2,3)4/h15H,7-9H2,1-6H3. The van der Waals surface area contributed by atoms with Crippen molar-refractivity contribution < 1.29 is 4.79 Å². The highest BCUT2D eigenvalue weighted by molar-refractivity contribution is 7.81. The van der Waals surface area contributed by atoms with E-state index in [1.807, 2.05) is 14.0 Å². The first-order valence-corrected chi connectivity index (χ1v) is 5.98. The number of hydrogen-bond acceptors (Lipinski definition) is 2. The Morgan fingerprint density at radius 1 is 1.27 bits per heavy atom. The van der Waals surface area contributed by atoms with Crippen molar-refractivity contribution in [3.63, 3.8) is 0 Å². The highest BCUT2D eigenvalue weighted by atomic mass is 32.1. The third kappa shape index (κ3) is 6.82. The molecule has 0 bridgehead atoms. The Hall–Kier alpha value is -0.180. The molecular weight excluding hydrogens is 206 g/mol. The van der Waals surface area contributed by atoms with E-state index in [2.05, 4.69) is 40.3 Å². The van der Waals surface area contributed by atoms with Crippen molar-refractivity contribution in [2.45, 2.75) is 52.2 Å². The zero-order valence-corrected chi connectivity index (χ0v) is 11.8. The predicted molar refractivity (Wildman–Crippen MR) is 69.4 cm³/mol. The molecule has 3 heteroatoms. The molecular formula is C12H25NOS. The number of amides is 1. The minimum Gasteiger partial charge on any atom is -0.344 e. The van der Waals surface area contributed by atoms with Crippen LogP contribution in [0.1, 0.15) is 47.5 Å². The average Bonchev–Trinajstić information content (AvgIpc) is 1.96. The molecule has 0 aliphatic carbocycles. The maximum absolute atomic E-state index is 11.4. The highest BCUT2D eigenvalue weighted by Gasteiger charge is 2.28. The number of rotatable bonds is 4. The Morgan fingerprint density at radius 2 is 1.73 bits per heavy atom. The second-order valence-corrected chi connectivity index (χ2v) is 6.92. The van der Waals surface area contributed by atoms with E-state index in [-0.39, 0.29) is 16.1 Å². The van der Waals surface area contributed by atoms with Gasteiger partial charge in [-0.3, -0.25) is 4.79 Å². The van der Waals surface area contributed by atoms with Gasteiger partial charge in [-0.1, -0.05) is 27.7 Å². The quantitative estimate of drug-likeness (QED) is 0.738. The molecule has 0 aliphatic heterocycles. The van der Waals surface area contributed by atoms with Crippen LogP contribution < -0.4 is 0 Å². The molecule has 1 atom stereocenters. The highest BCUT2D eigenvalue weighted by Crippen LogP contribution is 2.32. The lowest BCUT2D eigenvalue weighted by Crippen LogP contribution is -2.40. The Morgan fingerprint density at radius 3 is 2.07 bits per heavy atom. The molecule has 0 fully saturated rings. The van der Waals surface area contributed by atoms with Crippen LogP contribution in [0.3, 0.4) is 0 Å². The topological polar surface area (TPSA) is 20.3 Å². The summed E-state index contributed by atoms with van der Waals surface area (Å²) in [6.07, 6.45) is 1.56. The monoisotopic (exact) mass is 231 g/mol. The molecule has 15 heavy (non-hydrogen) atoms. The maximum Gasteiger partial charge on any atom is 0.222 e. The molecule has 0 rings (SSSR count). The van der Waals surface area contributed by atoms with Gasteiger partial charge in [0.1, 0.15) is 0 Å². The predicted octanol–water partition coefficient (Wildman–Crippen LogP) is 2.98. The number of thiol groups is 1. The summed E-state index contributed by atoms with van der Waals surface area (Å²) in [4.78, 5) is 13.2. The van der Waals surface area contributed by atoms with Gasteiger partial charge in [0.25, 0.3) is 0 Å². The van der Waals surface area contributed by atoms with E-state index >= 15 is 0 Å². The van der Waals surface area contributed by atoms with Crippen molar-refractivity contribution in [1.82, 2.24) is 4.90 Å². The van der Waals surface area contributed by atoms with E-state index in [0.717, 1.165) is 6.42 Å². The SMILES string of the molecule is CCC(=O)N(C)CC(C)(S)CC(C)(C)C. The minimum atomic E-state index is -0.113. The average molecular weight is 231 g/mol. The summed E-state index contributed by atoms with van der Waals surface area (Å²) in [7, 11) is 1.85. The molecule has 0 aliphatic rings. The largest absolute Gasteiger partial charge is 0.344 e. The fourth-order valence-electron chi connectivity index (χ4n) is 2.07. The van der Waals surface area contributed by atoms with Gasteiger partial charge in [0, 0.05) is 24.8 Å². The van der Waals surface area contributed by atoms with Gasteiger partial charge < -0.3 is 4.90 Å². The summed E-state index contributed by atoms with van der Waals surface area (Å²) in [6.45, 7) is 11.3. The number of carbonyl (C=O) groups excluding carboxylic acids is 1. The molecule has 0 aromatic rings. The Kier molecular flexibility index (Phi) is 5.18. The fraction of sp³-hybridized carbons (Fsp3) is 0.917. The molecule has 0 aromatic carbocycles. The normalized spacial score (nSPS) is 15.9. The van der Waals surface area contributed by atoms with Gasteiger partial charge in [-0.15, -0.1) is 0 Å². The van der Waals surface area contributed by atoms with Crippen molar-refractivity contribution in [3.8, 4) is 0 Å². The zero-order valence-electron chi connectivity index (χ0n) is 10.9. The van der Waals surface area contributed by atoms with Crippen LogP contribution in [0.5, 0.6) is 0 Å². The van der Waals surface area contributed by atoms with Gasteiger partial charge in [0.15, 0.2) is 0 Å². The molecule has 1 amide bonds. The summed E-state index contributed by atoms with van der Waals surface area (Å²) in [5.74, 6) is 0.184. The van der Waals surface area contributed by atoms with E-state index in [4.69, 9.17) is 0 Å². The van der Waals surface area contributed by atoms with Gasteiger partial charge in [-0.25, -0.2) is 0 Å². The van der Waals surface area contributed by atoms with Crippen LogP contribution in [-0.4, -0.2) is 29.1 Å². The van der Waals surface area contributed by atoms with Crippen LogP contribution >= 0.6 is 12.6 Å². The molecule has 0 N–H and O–H groups in total. The number of carbonyl (C=O) groups is 1. The maximum atomic E-state index is 11.4. The van der Waals surface area contributed by atoms with Crippen molar-refractivity contribution in [1.29, 1.82) is 0 Å². The Balaban J connectivity index is 4.31. The molecule has 0 saturated carbocycles. The lowest BCUT2D eigenvalue weighted by molar-refractivity contribution is -0.129. The summed E-state index contributed by atoms with van der Waals surface area (Å²) < 4.78 is -0.113. The molecule has 2 nitrogen and oxygen atoms in total. The van der Waals surface area contributed by atoms with Gasteiger partial charge in [-0.2, -0.15) is 12.6 Å². The second kappa shape index (κ2) is 5.24. The summed E-state index contributed by atoms with van der Waals surface area (Å²) in [5.41, 5.74) is 0.243. The van der Waals surface area contributed by atoms with E-state index in [0.29, 0.717) is 13.0 Å². The van der Waals surface area contributed by atoms with Gasteiger partial charge in [0.2, 0.25) is 5.91 Å². The van der Waals surface area contributed by atoms with Crippen LogP contribution in [0.2, 0.25) is 0 Å². The van der Waals surface area contributed by atoms with Crippen LogP contribution in [0.15, 0.2) is 0 Å². The van der Waals surface area contributed by atoms with Gasteiger partial charge in [0.05, 0.1) is 0 Å². The first kappa shape index (κ1) is 14.8. The van der Waals surface area contributed by atoms with E-state index in [1.165, 1.54) is 0 Å². The van der Waals surface area contributed by atoms with Crippen LogP contribution in [0.25, 0.3) is 0 Å². The number of nitrogens with zero attached hydrogens (tertiary/aromatic N) is 1. The second-order valence-electron chi connectivity index (χ2n) is 5.84. The lowest BCUT2D eigenvalue weighted by atomic mass is 9.84. The van der Waals surface area contributed by atoms with Crippen molar-refractivity contribution >= 4 is 18.5 Å². The van der Waals surface area contributed by atoms with Crippen LogP contribution in [0.4, 0.5) is 0 Å². The summed E-state index contributed by atoms with van der Waals surface area (Å²) >= 11 is 4.66. The lowest BCUT2D eigenvalue weighted by Gasteiger charge is -2.34. The van der Waals surface area contributed by atoms with E-state index in [9.17, 15) is 4.79 Å². The number of hydrogen-bond donors (Lipinski definition) is 1. The van der Waals surface area contributed by atoms with Crippen LogP contribution in [0, 0.1) is 5.41 Å². The minimum absolute atomic E-state index is 0.113. The van der Waals surface area contributed by atoms with E-state index in [1.54, 1.807) is 4.90 Å². The first-order valence-electron chi connectivity index (χ1n) is 5.54. The third-order valence-corrected chi connectivity index (χ3v) is 2.52. The zero-order chi connectivity index (χ0) is 12.3. The van der Waals surface area contributed by atoms with E-state index < -0.39 is 0 Å². The molecule has 0 radical (unpaired) electrons. The Bertz CT molecular complexity index is 218. The fourth-order valence-corrected chi connectivity index (χ4v) is 2.75. The molecule has 0 heterocycles. The van der Waals surface area contributed by atoms with Crippen molar-refractivity contribution in [3.05, 3.63) is 0 Å². The molecule has 0 saturated heterocycles. The van der Waals surface area contributed by atoms with Gasteiger partial charge in [-0.05, 0) is 18.8 Å². The molecule has 0 aromatic heterocycles. The molecule has 0 spiro atoms. The van der Waals surface area contributed by atoms with Crippen molar-refractivity contribution in [2.24, 2.45) is 5.41 Å². The summed E-state index contributed by atoms with van der Waals surface area (Å²) in [6, 6.07) is 0. The molecule has 1 unspecified atom stereocenters. The molecule has 90 valence electrons. The van der Waals surface area contributed by atoms with Crippen molar-refractivity contribution in [2.75, 3.05) is 13.6 Å².